The first-order valence-electron chi connectivity index (χ1n) is 4.46. The number of carboxylic acid groups (broad SMARTS) is 1. The van der Waals surface area contributed by atoms with Crippen LogP contribution in [0.25, 0.3) is 0 Å². The van der Waals surface area contributed by atoms with Crippen LogP contribution in [0, 0.1) is 0 Å². The van der Waals surface area contributed by atoms with Crippen molar-refractivity contribution < 1.29 is 9.90 Å². The smallest absolute Gasteiger partial charge is 0.320 e. The topological polar surface area (TPSA) is 49.3 Å². The number of nitrogens with one attached hydrogen (secondary N) is 1. The van der Waals surface area contributed by atoms with Crippen molar-refractivity contribution in [3.05, 3.63) is 0 Å². The van der Waals surface area contributed by atoms with E-state index < -0.39 is 5.97 Å². The number of carboxylic acids is 1. The number of aliphatic carboxylic acids is 1. The number of alkyl halides is 1. The fourth-order valence-corrected chi connectivity index (χ4v) is 0.895. The van der Waals surface area contributed by atoms with Crippen molar-refractivity contribution in [2.75, 3.05) is 6.54 Å². The quantitative estimate of drug-likeness (QED) is 0.646. The molecule has 0 bridgehead atoms. The molecular formula is C9H18ClNO2. The minimum atomic E-state index is -0.720. The van der Waals surface area contributed by atoms with Crippen LogP contribution in [0.4, 0.5) is 0 Å². The lowest BCUT2D eigenvalue weighted by Gasteiger charge is -2.01. The van der Waals surface area contributed by atoms with Gasteiger partial charge in [-0.2, -0.15) is 0 Å². The Morgan fingerprint density at radius 3 is 2.15 bits per heavy atom. The summed E-state index contributed by atoms with van der Waals surface area (Å²) in [4.78, 5) is 10.1. The molecule has 1 fully saturated rings. The lowest BCUT2D eigenvalue weighted by atomic mass is 10.2. The molecule has 0 unspecified atom stereocenters. The second kappa shape index (κ2) is 5.45. The van der Waals surface area contributed by atoms with Gasteiger partial charge < -0.3 is 10.4 Å². The molecule has 13 heavy (non-hydrogen) atoms. The summed E-state index contributed by atoms with van der Waals surface area (Å²) in [6.07, 6.45) is 1.78. The molecule has 0 aromatic heterocycles. The summed E-state index contributed by atoms with van der Waals surface area (Å²) in [5.41, 5.74) is 0. The molecule has 1 heterocycles. The van der Waals surface area contributed by atoms with E-state index >= 15 is 0 Å². The third-order valence-corrected chi connectivity index (χ3v) is 1.36. The summed E-state index contributed by atoms with van der Waals surface area (Å²) in [5.74, 6) is -0.720. The molecule has 1 aliphatic heterocycles. The highest BCUT2D eigenvalue weighted by Gasteiger charge is 2.20. The van der Waals surface area contributed by atoms with Crippen molar-refractivity contribution in [3.63, 3.8) is 0 Å². The monoisotopic (exact) mass is 207 g/mol. The van der Waals surface area contributed by atoms with Crippen LogP contribution in [0.2, 0.25) is 0 Å². The number of carbonyl (C=O) groups is 1. The Bertz CT molecular complexity index is 153. The van der Waals surface area contributed by atoms with Crippen molar-refractivity contribution in [2.45, 2.75) is 44.5 Å². The second-order valence-electron chi connectivity index (χ2n) is 4.05. The Hall–Kier alpha value is -0.280. The van der Waals surface area contributed by atoms with Gasteiger partial charge >= 0.3 is 5.97 Å². The van der Waals surface area contributed by atoms with Crippen LogP contribution >= 0.6 is 11.6 Å². The van der Waals surface area contributed by atoms with Crippen LogP contribution in [0.5, 0.6) is 0 Å². The zero-order chi connectivity index (χ0) is 10.5. The van der Waals surface area contributed by atoms with E-state index in [0.717, 1.165) is 19.4 Å². The minimum Gasteiger partial charge on any atom is -0.480 e. The van der Waals surface area contributed by atoms with E-state index in [1.54, 1.807) is 0 Å². The first-order chi connectivity index (χ1) is 5.80. The Balaban J connectivity index is 0.000000252. The second-order valence-corrected chi connectivity index (χ2v) is 5.19. The molecule has 1 aliphatic rings. The Morgan fingerprint density at radius 2 is 2.00 bits per heavy atom. The average Bonchev–Trinajstić information content (AvgIpc) is 2.31. The summed E-state index contributed by atoms with van der Waals surface area (Å²) in [6, 6.07) is -0.269. The van der Waals surface area contributed by atoms with Gasteiger partial charge in [0.1, 0.15) is 6.04 Å². The van der Waals surface area contributed by atoms with E-state index in [0.29, 0.717) is 0 Å². The van der Waals surface area contributed by atoms with E-state index in [1.807, 2.05) is 20.8 Å². The van der Waals surface area contributed by atoms with Crippen LogP contribution in [0.1, 0.15) is 33.6 Å². The predicted octanol–water partition coefficient (Wildman–Crippen LogP) is 1.85. The fourth-order valence-electron chi connectivity index (χ4n) is 0.895. The normalized spacial score (nSPS) is 22.0. The van der Waals surface area contributed by atoms with Crippen LogP contribution in [-0.2, 0) is 4.79 Å². The number of hydrogen-bond donors (Lipinski definition) is 2. The first-order valence-corrected chi connectivity index (χ1v) is 4.83. The molecule has 0 radical (unpaired) electrons. The van der Waals surface area contributed by atoms with Gasteiger partial charge in [0.2, 0.25) is 0 Å². The van der Waals surface area contributed by atoms with Gasteiger partial charge in [0, 0.05) is 4.87 Å². The molecule has 1 atom stereocenters. The third-order valence-electron chi connectivity index (χ3n) is 1.36. The van der Waals surface area contributed by atoms with Gasteiger partial charge in [-0.15, -0.1) is 11.6 Å². The standard InChI is InChI=1S/C5H9NO2.C4H9Cl/c7-5(8)4-2-1-3-6-4;1-4(2,3)5/h4,6H,1-3H2,(H,7,8);1-3H3/t4-;/m0./s1. The maximum absolute atomic E-state index is 10.1. The molecule has 4 heteroatoms. The van der Waals surface area contributed by atoms with Crippen molar-refractivity contribution in [3.8, 4) is 0 Å². The zero-order valence-corrected chi connectivity index (χ0v) is 9.19. The predicted molar refractivity (Wildman–Crippen MR) is 54.3 cm³/mol. The summed E-state index contributed by atoms with van der Waals surface area (Å²) >= 11 is 5.53. The van der Waals surface area contributed by atoms with Gasteiger partial charge in [0.15, 0.2) is 0 Å². The van der Waals surface area contributed by atoms with Gasteiger partial charge in [-0.3, -0.25) is 4.79 Å². The van der Waals surface area contributed by atoms with Gasteiger partial charge in [-0.05, 0) is 40.2 Å². The molecule has 0 aromatic rings. The maximum Gasteiger partial charge on any atom is 0.320 e. The largest absolute Gasteiger partial charge is 0.480 e. The number of hydrogen-bond acceptors (Lipinski definition) is 2. The summed E-state index contributed by atoms with van der Waals surface area (Å²) < 4.78 is 0. The molecule has 0 aromatic carbocycles. The molecule has 1 rings (SSSR count). The van der Waals surface area contributed by atoms with Crippen LogP contribution in [0.15, 0.2) is 0 Å². The van der Waals surface area contributed by atoms with Crippen molar-refractivity contribution >= 4 is 17.6 Å². The van der Waals surface area contributed by atoms with Crippen molar-refractivity contribution in [2.24, 2.45) is 0 Å². The molecule has 0 spiro atoms. The minimum absolute atomic E-state index is 0.0278. The average molecular weight is 208 g/mol. The molecule has 1 saturated heterocycles. The van der Waals surface area contributed by atoms with E-state index in [9.17, 15) is 4.79 Å². The van der Waals surface area contributed by atoms with E-state index in [4.69, 9.17) is 16.7 Å². The lowest BCUT2D eigenvalue weighted by molar-refractivity contribution is -0.139. The molecule has 0 saturated carbocycles. The highest BCUT2D eigenvalue weighted by atomic mass is 35.5. The molecule has 2 N–H and O–H groups in total. The maximum atomic E-state index is 10.1. The SMILES string of the molecule is CC(C)(C)Cl.O=C(O)[C@@H]1CCCN1. The van der Waals surface area contributed by atoms with Crippen LogP contribution < -0.4 is 5.32 Å². The Labute approximate surface area is 84.5 Å². The summed E-state index contributed by atoms with van der Waals surface area (Å²) in [7, 11) is 0. The first kappa shape index (κ1) is 12.7. The van der Waals surface area contributed by atoms with Crippen LogP contribution in [-0.4, -0.2) is 28.5 Å². The van der Waals surface area contributed by atoms with Crippen molar-refractivity contribution in [1.82, 2.24) is 5.32 Å². The summed E-state index contributed by atoms with van der Waals surface area (Å²) in [5, 5.41) is 11.2. The van der Waals surface area contributed by atoms with Gasteiger partial charge in [-0.1, -0.05) is 0 Å². The third kappa shape index (κ3) is 9.64. The van der Waals surface area contributed by atoms with Gasteiger partial charge in [0.05, 0.1) is 0 Å². The highest BCUT2D eigenvalue weighted by molar-refractivity contribution is 6.23. The molecule has 3 nitrogen and oxygen atoms in total. The van der Waals surface area contributed by atoms with Crippen LogP contribution in [0.3, 0.4) is 0 Å². The number of halogens is 1. The van der Waals surface area contributed by atoms with Crippen molar-refractivity contribution in [1.29, 1.82) is 0 Å². The van der Waals surface area contributed by atoms with Gasteiger partial charge in [-0.25, -0.2) is 0 Å². The van der Waals surface area contributed by atoms with E-state index in [1.165, 1.54) is 0 Å². The Kier molecular flexibility index (Phi) is 5.33. The Morgan fingerprint density at radius 1 is 1.54 bits per heavy atom. The molecule has 78 valence electrons. The van der Waals surface area contributed by atoms with E-state index in [2.05, 4.69) is 5.32 Å². The molecule has 0 aliphatic carbocycles. The van der Waals surface area contributed by atoms with E-state index in [-0.39, 0.29) is 10.9 Å². The molecule has 0 amide bonds. The lowest BCUT2D eigenvalue weighted by Crippen LogP contribution is -2.29. The zero-order valence-electron chi connectivity index (χ0n) is 8.43. The highest BCUT2D eigenvalue weighted by Crippen LogP contribution is 2.08. The van der Waals surface area contributed by atoms with Gasteiger partial charge in [0.25, 0.3) is 0 Å². The number of rotatable bonds is 1. The molecular weight excluding hydrogens is 190 g/mol. The fraction of sp³-hybridized carbons (Fsp3) is 0.889. The summed E-state index contributed by atoms with van der Waals surface area (Å²) in [6.45, 7) is 6.72.